The van der Waals surface area contributed by atoms with Crippen molar-refractivity contribution in [3.8, 4) is 5.75 Å². The van der Waals surface area contributed by atoms with Gasteiger partial charge in [-0.25, -0.2) is 4.39 Å². The lowest BCUT2D eigenvalue weighted by Gasteiger charge is -2.12. The van der Waals surface area contributed by atoms with Gasteiger partial charge in [-0.05, 0) is 28.4 Å². The van der Waals surface area contributed by atoms with Gasteiger partial charge in [-0.2, -0.15) is 0 Å². The zero-order valence-corrected chi connectivity index (χ0v) is 9.58. The molecule has 3 nitrogen and oxygen atoms in total. The number of benzene rings is 1. The fourth-order valence-corrected chi connectivity index (χ4v) is 1.72. The maximum atomic E-state index is 13.0. The fraction of sp³-hybridized carbons (Fsp3) is 0.300. The summed E-state index contributed by atoms with van der Waals surface area (Å²) in [6.45, 7) is 1.69. The molecule has 1 rings (SSSR count). The summed E-state index contributed by atoms with van der Waals surface area (Å²) in [6, 6.07) is 2.21. The summed E-state index contributed by atoms with van der Waals surface area (Å²) in [5.41, 5.74) is 0.221. The van der Waals surface area contributed by atoms with Crippen LogP contribution in [0.3, 0.4) is 0 Å². The maximum Gasteiger partial charge on any atom is 0.311 e. The second-order valence-corrected chi connectivity index (χ2v) is 3.98. The highest BCUT2D eigenvalue weighted by molar-refractivity contribution is 9.10. The lowest BCUT2D eigenvalue weighted by atomic mass is 9.96. The highest BCUT2D eigenvalue weighted by Crippen LogP contribution is 2.32. The van der Waals surface area contributed by atoms with Crippen molar-refractivity contribution in [3.63, 3.8) is 0 Å². The molecule has 0 radical (unpaired) electrons. The Kier molecular flexibility index (Phi) is 3.68. The average Bonchev–Trinajstić information content (AvgIpc) is 2.14. The summed E-state index contributed by atoms with van der Waals surface area (Å²) in [5, 5.41) is 18.3. The highest BCUT2D eigenvalue weighted by Gasteiger charge is 2.22. The van der Waals surface area contributed by atoms with E-state index in [0.29, 0.717) is 6.42 Å². The third-order valence-electron chi connectivity index (χ3n) is 2.15. The van der Waals surface area contributed by atoms with Crippen LogP contribution in [0.2, 0.25) is 0 Å². The molecule has 0 fully saturated rings. The molecule has 0 aliphatic carbocycles. The number of hydrogen-bond donors (Lipinski definition) is 2. The van der Waals surface area contributed by atoms with E-state index in [1.165, 1.54) is 6.07 Å². The zero-order valence-electron chi connectivity index (χ0n) is 8.00. The maximum absolute atomic E-state index is 13.0. The third-order valence-corrected chi connectivity index (χ3v) is 2.76. The van der Waals surface area contributed by atoms with Crippen LogP contribution in [0.15, 0.2) is 16.6 Å². The van der Waals surface area contributed by atoms with Gasteiger partial charge in [0.1, 0.15) is 11.6 Å². The summed E-state index contributed by atoms with van der Waals surface area (Å²) in [5.74, 6) is -2.80. The molecule has 1 atom stereocenters. The number of carbonyl (C=O) groups is 1. The normalized spacial score (nSPS) is 12.5. The van der Waals surface area contributed by atoms with Crippen molar-refractivity contribution in [2.75, 3.05) is 0 Å². The first-order valence-corrected chi connectivity index (χ1v) is 5.17. The number of halogens is 2. The number of carboxylic acids is 1. The number of phenols is 1. The van der Waals surface area contributed by atoms with Gasteiger partial charge in [-0.15, -0.1) is 0 Å². The number of phenolic OH excluding ortho intramolecular Hbond substituents is 1. The van der Waals surface area contributed by atoms with E-state index in [2.05, 4.69) is 15.9 Å². The number of aromatic hydroxyl groups is 1. The van der Waals surface area contributed by atoms with Crippen LogP contribution >= 0.6 is 15.9 Å². The van der Waals surface area contributed by atoms with E-state index in [1.807, 2.05) is 0 Å². The van der Waals surface area contributed by atoms with Gasteiger partial charge in [-0.1, -0.05) is 6.92 Å². The van der Waals surface area contributed by atoms with Gasteiger partial charge in [0, 0.05) is 11.6 Å². The van der Waals surface area contributed by atoms with Crippen LogP contribution in [0.4, 0.5) is 4.39 Å². The third kappa shape index (κ3) is 2.47. The van der Waals surface area contributed by atoms with E-state index in [4.69, 9.17) is 5.11 Å². The molecule has 0 spiro atoms. The van der Waals surface area contributed by atoms with Crippen molar-refractivity contribution in [2.24, 2.45) is 0 Å². The van der Waals surface area contributed by atoms with Gasteiger partial charge in [0.25, 0.3) is 0 Å². The van der Waals surface area contributed by atoms with Gasteiger partial charge in [0.2, 0.25) is 0 Å². The molecule has 1 unspecified atom stereocenters. The molecule has 0 aliphatic heterocycles. The van der Waals surface area contributed by atoms with Gasteiger partial charge in [0.05, 0.1) is 10.4 Å². The van der Waals surface area contributed by atoms with Crippen LogP contribution in [0.5, 0.6) is 5.75 Å². The molecule has 0 aliphatic rings. The molecule has 2 N–H and O–H groups in total. The van der Waals surface area contributed by atoms with Crippen LogP contribution in [0.1, 0.15) is 24.8 Å². The van der Waals surface area contributed by atoms with Crippen molar-refractivity contribution in [1.29, 1.82) is 0 Å². The molecule has 5 heteroatoms. The van der Waals surface area contributed by atoms with Crippen LogP contribution in [-0.4, -0.2) is 16.2 Å². The second kappa shape index (κ2) is 4.61. The van der Waals surface area contributed by atoms with Crippen LogP contribution in [0, 0.1) is 5.82 Å². The topological polar surface area (TPSA) is 57.5 Å². The summed E-state index contributed by atoms with van der Waals surface area (Å²) in [7, 11) is 0. The Labute approximate surface area is 94.7 Å². The minimum absolute atomic E-state index is 0.148. The molecule has 0 heterocycles. The molecule has 0 saturated carbocycles. The lowest BCUT2D eigenvalue weighted by molar-refractivity contribution is -0.138. The van der Waals surface area contributed by atoms with E-state index < -0.39 is 17.7 Å². The van der Waals surface area contributed by atoms with E-state index in [0.717, 1.165) is 6.07 Å². The number of aliphatic carboxylic acids is 1. The number of carboxylic acid groups (broad SMARTS) is 1. The molecule has 1 aromatic carbocycles. The smallest absolute Gasteiger partial charge is 0.311 e. The van der Waals surface area contributed by atoms with Gasteiger partial charge >= 0.3 is 5.97 Å². The lowest BCUT2D eigenvalue weighted by Crippen LogP contribution is -2.10. The van der Waals surface area contributed by atoms with Crippen molar-refractivity contribution in [1.82, 2.24) is 0 Å². The standard InChI is InChI=1S/C10H10BrFO3/c1-2-5(10(14)15)6-3-7(11)8(12)4-9(6)13/h3-5,13H,2H2,1H3,(H,14,15). The molecule has 0 saturated heterocycles. The van der Waals surface area contributed by atoms with Crippen molar-refractivity contribution in [2.45, 2.75) is 19.3 Å². The van der Waals surface area contributed by atoms with Gasteiger partial charge in [-0.3, -0.25) is 4.79 Å². The Balaban J connectivity index is 3.24. The minimum Gasteiger partial charge on any atom is -0.508 e. The van der Waals surface area contributed by atoms with E-state index in [1.54, 1.807) is 6.92 Å². The molecule has 15 heavy (non-hydrogen) atoms. The quantitative estimate of drug-likeness (QED) is 0.893. The summed E-state index contributed by atoms with van der Waals surface area (Å²) < 4.78 is 13.1. The summed E-state index contributed by atoms with van der Waals surface area (Å²) >= 11 is 2.95. The molecule has 0 aromatic heterocycles. The first kappa shape index (κ1) is 12.0. The van der Waals surface area contributed by atoms with Crippen molar-refractivity contribution in [3.05, 3.63) is 28.0 Å². The summed E-state index contributed by atoms with van der Waals surface area (Å²) in [6.07, 6.45) is 0.334. The van der Waals surface area contributed by atoms with Crippen molar-refractivity contribution >= 4 is 21.9 Å². The molecule has 82 valence electrons. The predicted octanol–water partition coefficient (Wildman–Crippen LogP) is 2.87. The Morgan fingerprint density at radius 3 is 2.67 bits per heavy atom. The largest absolute Gasteiger partial charge is 0.508 e. The number of rotatable bonds is 3. The molecular formula is C10H10BrFO3. The van der Waals surface area contributed by atoms with Crippen LogP contribution in [0.25, 0.3) is 0 Å². The number of hydrogen-bond acceptors (Lipinski definition) is 2. The monoisotopic (exact) mass is 276 g/mol. The molecule has 0 bridgehead atoms. The van der Waals surface area contributed by atoms with E-state index in [9.17, 15) is 14.3 Å². The van der Waals surface area contributed by atoms with Gasteiger partial charge < -0.3 is 10.2 Å². The summed E-state index contributed by atoms with van der Waals surface area (Å²) in [4.78, 5) is 10.9. The predicted molar refractivity (Wildman–Crippen MR) is 56.4 cm³/mol. The Bertz CT molecular complexity index is 392. The molecular weight excluding hydrogens is 267 g/mol. The Morgan fingerprint density at radius 1 is 1.60 bits per heavy atom. The SMILES string of the molecule is CCC(C(=O)O)c1cc(Br)c(F)cc1O. The molecule has 0 amide bonds. The van der Waals surface area contributed by atoms with E-state index in [-0.39, 0.29) is 15.8 Å². The Hall–Kier alpha value is -1.10. The first-order valence-electron chi connectivity index (χ1n) is 4.38. The highest BCUT2D eigenvalue weighted by atomic mass is 79.9. The van der Waals surface area contributed by atoms with Crippen LogP contribution < -0.4 is 0 Å². The van der Waals surface area contributed by atoms with E-state index >= 15 is 0 Å². The molecule has 1 aromatic rings. The van der Waals surface area contributed by atoms with Crippen LogP contribution in [-0.2, 0) is 4.79 Å². The second-order valence-electron chi connectivity index (χ2n) is 3.12. The zero-order chi connectivity index (χ0) is 11.6. The van der Waals surface area contributed by atoms with Crippen molar-refractivity contribution < 1.29 is 19.4 Å². The fourth-order valence-electron chi connectivity index (χ4n) is 1.36. The van der Waals surface area contributed by atoms with Gasteiger partial charge in [0.15, 0.2) is 0 Å². The minimum atomic E-state index is -1.04. The average molecular weight is 277 g/mol. The Morgan fingerprint density at radius 2 is 2.20 bits per heavy atom. The first-order chi connectivity index (χ1) is 6.97.